The maximum Gasteiger partial charge on any atom is 0.254 e. The smallest absolute Gasteiger partial charge is 0.254 e. The average Bonchev–Trinajstić information content (AvgIpc) is 3.22. The van der Waals surface area contributed by atoms with Crippen LogP contribution in [0.15, 0.2) is 54.6 Å². The van der Waals surface area contributed by atoms with Gasteiger partial charge in [0, 0.05) is 28.6 Å². The fraction of sp³-hybridized carbons (Fsp3) is 0.393. The summed E-state index contributed by atoms with van der Waals surface area (Å²) in [6.45, 7) is 10.8. The molecule has 0 radical (unpaired) electrons. The van der Waals surface area contributed by atoms with Crippen LogP contribution in [0.1, 0.15) is 68.6 Å². The first-order valence-corrected chi connectivity index (χ1v) is 12.5. The number of aryl methyl sites for hydroxylation is 1. The molecular weight excluding hydrogens is 460 g/mol. The number of amides is 2. The Labute approximate surface area is 213 Å². The van der Waals surface area contributed by atoms with Crippen LogP contribution in [0.2, 0.25) is 5.02 Å². The van der Waals surface area contributed by atoms with Gasteiger partial charge in [0.1, 0.15) is 12.4 Å². The zero-order valence-electron chi connectivity index (χ0n) is 21.3. The second-order valence-electron chi connectivity index (χ2n) is 9.86. The second-order valence-corrected chi connectivity index (χ2v) is 10.3. The summed E-state index contributed by atoms with van der Waals surface area (Å²) in [6.07, 6.45) is 2.83. The minimum absolute atomic E-state index is 0.0567. The number of unbranched alkanes of at least 4 members (excludes halogenated alkanes) is 2. The third-order valence-corrected chi connectivity index (χ3v) is 6.05. The van der Waals surface area contributed by atoms with Crippen molar-refractivity contribution < 1.29 is 9.59 Å². The van der Waals surface area contributed by atoms with Gasteiger partial charge < -0.3 is 10.2 Å². The van der Waals surface area contributed by atoms with Gasteiger partial charge in [-0.25, -0.2) is 4.68 Å². The number of carbonyl (C=O) groups excluding carboxylic acids is 2. The minimum atomic E-state index is -0.271. The summed E-state index contributed by atoms with van der Waals surface area (Å²) in [6, 6.07) is 16.7. The number of para-hydroxylation sites is 1. The first kappa shape index (κ1) is 26.5. The molecule has 2 amide bonds. The molecule has 0 aliphatic carbocycles. The highest BCUT2D eigenvalue weighted by molar-refractivity contribution is 6.31. The van der Waals surface area contributed by atoms with Crippen molar-refractivity contribution >= 4 is 29.2 Å². The Morgan fingerprint density at radius 2 is 1.80 bits per heavy atom. The molecule has 0 unspecified atom stereocenters. The zero-order chi connectivity index (χ0) is 25.6. The maximum absolute atomic E-state index is 13.2. The monoisotopic (exact) mass is 494 g/mol. The average molecular weight is 495 g/mol. The first-order valence-electron chi connectivity index (χ1n) is 12.1. The van der Waals surface area contributed by atoms with E-state index in [1.165, 1.54) is 0 Å². The Balaban J connectivity index is 1.87. The summed E-state index contributed by atoms with van der Waals surface area (Å²) in [7, 11) is 0. The number of carbonyl (C=O) groups is 2. The van der Waals surface area contributed by atoms with E-state index in [0.29, 0.717) is 22.9 Å². The molecule has 2 aromatic carbocycles. The van der Waals surface area contributed by atoms with Gasteiger partial charge in [-0.1, -0.05) is 76.4 Å². The Morgan fingerprint density at radius 1 is 1.06 bits per heavy atom. The molecule has 0 aliphatic rings. The number of rotatable bonds is 9. The molecular formula is C28H35ClN4O2. The normalized spacial score (nSPS) is 11.4. The SMILES string of the molecule is CCCCCN(CC(=O)Nc1cc(C(C)(C)C)nn1-c1ccccc1C)C(=O)c1cccc(Cl)c1. The van der Waals surface area contributed by atoms with Crippen molar-refractivity contribution in [2.45, 2.75) is 59.3 Å². The van der Waals surface area contributed by atoms with Crippen LogP contribution in [-0.4, -0.2) is 39.6 Å². The van der Waals surface area contributed by atoms with Crippen LogP contribution in [0, 0.1) is 6.92 Å². The standard InChI is InChI=1S/C28H35ClN4O2/c1-6-7-10-16-32(27(35)21-13-11-14-22(29)17-21)19-26(34)30-25-18-24(28(3,4)5)31-33(25)23-15-9-8-12-20(23)2/h8-9,11-15,17-18H,6-7,10,16,19H2,1-5H3,(H,30,34). The lowest BCUT2D eigenvalue weighted by Gasteiger charge is -2.22. The van der Waals surface area contributed by atoms with E-state index >= 15 is 0 Å². The number of anilines is 1. The Kier molecular flexibility index (Phi) is 8.73. The molecule has 0 spiro atoms. The number of hydrogen-bond donors (Lipinski definition) is 1. The topological polar surface area (TPSA) is 67.2 Å². The molecule has 3 rings (SSSR count). The van der Waals surface area contributed by atoms with Crippen LogP contribution in [0.3, 0.4) is 0 Å². The van der Waals surface area contributed by atoms with Gasteiger partial charge in [0.2, 0.25) is 5.91 Å². The molecule has 186 valence electrons. The van der Waals surface area contributed by atoms with Crippen LogP contribution >= 0.6 is 11.6 Å². The summed E-state index contributed by atoms with van der Waals surface area (Å²) in [4.78, 5) is 28.0. The van der Waals surface area contributed by atoms with E-state index in [1.807, 2.05) is 37.3 Å². The van der Waals surface area contributed by atoms with Crippen LogP contribution in [0.4, 0.5) is 5.82 Å². The summed E-state index contributed by atoms with van der Waals surface area (Å²) in [5, 5.41) is 8.30. The van der Waals surface area contributed by atoms with E-state index in [-0.39, 0.29) is 23.8 Å². The van der Waals surface area contributed by atoms with Gasteiger partial charge in [-0.15, -0.1) is 0 Å². The van der Waals surface area contributed by atoms with Gasteiger partial charge >= 0.3 is 0 Å². The van der Waals surface area contributed by atoms with Crippen molar-refractivity contribution in [3.63, 3.8) is 0 Å². The summed E-state index contributed by atoms with van der Waals surface area (Å²) >= 11 is 6.10. The molecule has 35 heavy (non-hydrogen) atoms. The molecule has 0 saturated heterocycles. The van der Waals surface area contributed by atoms with E-state index in [1.54, 1.807) is 33.8 Å². The molecule has 1 N–H and O–H groups in total. The number of nitrogens with one attached hydrogen (secondary N) is 1. The molecule has 3 aromatic rings. The number of benzene rings is 2. The molecule has 1 aromatic heterocycles. The second kappa shape index (κ2) is 11.5. The zero-order valence-corrected chi connectivity index (χ0v) is 22.0. The van der Waals surface area contributed by atoms with Crippen LogP contribution in [0.5, 0.6) is 0 Å². The Bertz CT molecular complexity index is 1180. The number of aromatic nitrogens is 2. The molecule has 0 fully saturated rings. The van der Waals surface area contributed by atoms with Crippen molar-refractivity contribution in [3.05, 3.63) is 76.4 Å². The van der Waals surface area contributed by atoms with Crippen LogP contribution < -0.4 is 5.32 Å². The lowest BCUT2D eigenvalue weighted by atomic mass is 9.92. The fourth-order valence-electron chi connectivity index (χ4n) is 3.79. The number of nitrogens with zero attached hydrogens (tertiary/aromatic N) is 3. The number of hydrogen-bond acceptors (Lipinski definition) is 3. The summed E-state index contributed by atoms with van der Waals surface area (Å²) in [5.41, 5.74) is 3.09. The van der Waals surface area contributed by atoms with Gasteiger partial charge in [0.05, 0.1) is 11.4 Å². The van der Waals surface area contributed by atoms with Crippen molar-refractivity contribution in [1.82, 2.24) is 14.7 Å². The molecule has 0 bridgehead atoms. The predicted molar refractivity (Wildman–Crippen MR) is 143 cm³/mol. The van der Waals surface area contributed by atoms with E-state index in [4.69, 9.17) is 16.7 Å². The molecule has 1 heterocycles. The Hall–Kier alpha value is -3.12. The van der Waals surface area contributed by atoms with Crippen LogP contribution in [0.25, 0.3) is 5.69 Å². The van der Waals surface area contributed by atoms with Gasteiger partial charge in [0.15, 0.2) is 0 Å². The third kappa shape index (κ3) is 6.95. The quantitative estimate of drug-likeness (QED) is 0.350. The van der Waals surface area contributed by atoms with E-state index < -0.39 is 0 Å². The molecule has 0 aliphatic heterocycles. The van der Waals surface area contributed by atoms with Gasteiger partial charge in [-0.2, -0.15) is 5.10 Å². The summed E-state index contributed by atoms with van der Waals surface area (Å²) < 4.78 is 1.77. The lowest BCUT2D eigenvalue weighted by Crippen LogP contribution is -2.39. The highest BCUT2D eigenvalue weighted by Crippen LogP contribution is 2.27. The molecule has 0 saturated carbocycles. The van der Waals surface area contributed by atoms with Gasteiger partial charge in [-0.3, -0.25) is 9.59 Å². The molecule has 7 heteroatoms. The maximum atomic E-state index is 13.2. The van der Waals surface area contributed by atoms with E-state index in [2.05, 4.69) is 33.0 Å². The number of halogens is 1. The highest BCUT2D eigenvalue weighted by atomic mass is 35.5. The van der Waals surface area contributed by atoms with Gasteiger partial charge in [-0.05, 0) is 43.2 Å². The molecule has 0 atom stereocenters. The van der Waals surface area contributed by atoms with Gasteiger partial charge in [0.25, 0.3) is 5.91 Å². The third-order valence-electron chi connectivity index (χ3n) is 5.81. The van der Waals surface area contributed by atoms with Crippen molar-refractivity contribution in [1.29, 1.82) is 0 Å². The first-order chi connectivity index (χ1) is 16.6. The van der Waals surface area contributed by atoms with E-state index in [0.717, 1.165) is 36.2 Å². The largest absolute Gasteiger partial charge is 0.329 e. The lowest BCUT2D eigenvalue weighted by molar-refractivity contribution is -0.117. The van der Waals surface area contributed by atoms with Crippen molar-refractivity contribution in [2.24, 2.45) is 0 Å². The fourth-order valence-corrected chi connectivity index (χ4v) is 3.98. The summed E-state index contributed by atoms with van der Waals surface area (Å²) in [5.74, 6) is 0.103. The minimum Gasteiger partial charge on any atom is -0.329 e. The van der Waals surface area contributed by atoms with Crippen molar-refractivity contribution in [3.8, 4) is 5.69 Å². The van der Waals surface area contributed by atoms with E-state index in [9.17, 15) is 9.59 Å². The van der Waals surface area contributed by atoms with Crippen LogP contribution in [-0.2, 0) is 10.2 Å². The molecule has 6 nitrogen and oxygen atoms in total. The highest BCUT2D eigenvalue weighted by Gasteiger charge is 2.24. The Morgan fingerprint density at radius 3 is 2.46 bits per heavy atom. The van der Waals surface area contributed by atoms with Crippen molar-refractivity contribution in [2.75, 3.05) is 18.4 Å². The predicted octanol–water partition coefficient (Wildman–Crippen LogP) is 6.40.